The van der Waals surface area contributed by atoms with Gasteiger partial charge in [0.2, 0.25) is 15.9 Å². The molecule has 3 aliphatic heterocycles. The van der Waals surface area contributed by atoms with Crippen molar-refractivity contribution in [1.82, 2.24) is 9.62 Å². The van der Waals surface area contributed by atoms with E-state index in [0.717, 1.165) is 19.4 Å². The average molecular weight is 452 g/mol. The molecule has 0 bridgehead atoms. The Labute approximate surface area is 182 Å². The van der Waals surface area contributed by atoms with Crippen LogP contribution in [0.3, 0.4) is 0 Å². The zero-order chi connectivity index (χ0) is 22.2. The number of piperidine rings is 1. The summed E-state index contributed by atoms with van der Waals surface area (Å²) >= 11 is 0. The van der Waals surface area contributed by atoms with Crippen LogP contribution in [0.4, 0.5) is 5.69 Å². The molecule has 2 fully saturated rings. The first-order valence-electron chi connectivity index (χ1n) is 10.8. The van der Waals surface area contributed by atoms with Crippen LogP contribution in [0.5, 0.6) is 5.75 Å². The summed E-state index contributed by atoms with van der Waals surface area (Å²) in [5, 5.41) is 5.68. The maximum absolute atomic E-state index is 13.3. The van der Waals surface area contributed by atoms with Crippen LogP contribution in [0.2, 0.25) is 0 Å². The molecule has 0 spiro atoms. The molecule has 2 N–H and O–H groups in total. The van der Waals surface area contributed by atoms with Gasteiger partial charge in [0.1, 0.15) is 5.75 Å². The Balaban J connectivity index is 1.40. The molecule has 2 atom stereocenters. The highest BCUT2D eigenvalue weighted by Gasteiger charge is 2.34. The molecule has 3 aliphatic rings. The van der Waals surface area contributed by atoms with E-state index >= 15 is 0 Å². The molecule has 31 heavy (non-hydrogen) atoms. The van der Waals surface area contributed by atoms with Crippen molar-refractivity contribution in [2.45, 2.75) is 56.6 Å². The van der Waals surface area contributed by atoms with Crippen molar-refractivity contribution in [3.8, 4) is 5.75 Å². The van der Waals surface area contributed by atoms with E-state index in [1.54, 1.807) is 19.9 Å². The van der Waals surface area contributed by atoms with Crippen molar-refractivity contribution < 1.29 is 27.5 Å². The fourth-order valence-corrected chi connectivity index (χ4v) is 5.97. The molecule has 1 aromatic carbocycles. The maximum atomic E-state index is 13.3. The number of hydrogen-bond donors (Lipinski definition) is 2. The topological polar surface area (TPSA) is 114 Å². The molecular weight excluding hydrogens is 422 g/mol. The van der Waals surface area contributed by atoms with E-state index in [9.17, 15) is 18.0 Å². The summed E-state index contributed by atoms with van der Waals surface area (Å²) in [7, 11) is -3.74. The lowest BCUT2D eigenvalue weighted by Crippen LogP contribution is -2.44. The van der Waals surface area contributed by atoms with Crippen molar-refractivity contribution in [3.63, 3.8) is 0 Å². The van der Waals surface area contributed by atoms with E-state index in [-0.39, 0.29) is 41.8 Å². The number of nitrogens with one attached hydrogen (secondary N) is 2. The molecule has 3 heterocycles. The summed E-state index contributed by atoms with van der Waals surface area (Å²) in [5.41, 5.74) is 1.01. The van der Waals surface area contributed by atoms with Gasteiger partial charge < -0.3 is 20.1 Å². The van der Waals surface area contributed by atoms with Gasteiger partial charge >= 0.3 is 0 Å². The molecular formula is C21H29N3O6S. The number of sulfonamides is 1. The molecule has 2 saturated heterocycles. The molecule has 2 amide bonds. The fraction of sp³-hybridized carbons (Fsp3) is 0.619. The van der Waals surface area contributed by atoms with Crippen LogP contribution in [-0.4, -0.2) is 63.0 Å². The number of ether oxygens (including phenoxy) is 2. The van der Waals surface area contributed by atoms with Gasteiger partial charge in [-0.3, -0.25) is 9.59 Å². The molecule has 0 aliphatic carbocycles. The number of aryl methyl sites for hydroxylation is 1. The minimum atomic E-state index is -3.74. The van der Waals surface area contributed by atoms with Crippen molar-refractivity contribution in [2.24, 2.45) is 5.92 Å². The Morgan fingerprint density at radius 2 is 2.00 bits per heavy atom. The average Bonchev–Trinajstić information content (AvgIpc) is 3.26. The van der Waals surface area contributed by atoms with E-state index in [0.29, 0.717) is 36.4 Å². The summed E-state index contributed by atoms with van der Waals surface area (Å²) in [6.07, 6.45) is 2.34. The number of carbonyl (C=O) groups is 2. The minimum absolute atomic E-state index is 0.0318. The van der Waals surface area contributed by atoms with E-state index in [2.05, 4.69) is 10.6 Å². The smallest absolute Gasteiger partial charge is 0.265 e. The van der Waals surface area contributed by atoms with Crippen LogP contribution >= 0.6 is 0 Å². The summed E-state index contributed by atoms with van der Waals surface area (Å²) < 4.78 is 39.1. The number of rotatable bonds is 5. The normalized spacial score (nSPS) is 24.9. The Bertz CT molecular complexity index is 966. The lowest BCUT2D eigenvalue weighted by molar-refractivity contribution is -0.126. The number of benzene rings is 1. The number of fused-ring (bicyclic) bond motifs is 1. The highest BCUT2D eigenvalue weighted by Crippen LogP contribution is 2.36. The zero-order valence-corrected chi connectivity index (χ0v) is 18.7. The van der Waals surface area contributed by atoms with E-state index in [1.165, 1.54) is 10.4 Å². The molecule has 1 aromatic rings. The van der Waals surface area contributed by atoms with E-state index < -0.39 is 16.1 Å². The molecule has 0 unspecified atom stereocenters. The highest BCUT2D eigenvalue weighted by atomic mass is 32.2. The third-order valence-electron chi connectivity index (χ3n) is 6.18. The van der Waals surface area contributed by atoms with Crippen molar-refractivity contribution >= 4 is 27.5 Å². The molecule has 170 valence electrons. The molecule has 9 nitrogen and oxygen atoms in total. The van der Waals surface area contributed by atoms with Gasteiger partial charge in [-0.15, -0.1) is 0 Å². The monoisotopic (exact) mass is 451 g/mol. The summed E-state index contributed by atoms with van der Waals surface area (Å²) in [4.78, 5) is 24.4. The number of carbonyl (C=O) groups excluding carboxylic acids is 2. The van der Waals surface area contributed by atoms with Gasteiger partial charge in [-0.1, -0.05) is 0 Å². The molecule has 10 heteroatoms. The summed E-state index contributed by atoms with van der Waals surface area (Å²) in [5.74, 6) is -0.144. The minimum Gasteiger partial charge on any atom is -0.479 e. The van der Waals surface area contributed by atoms with Crippen LogP contribution in [0, 0.1) is 12.8 Å². The Morgan fingerprint density at radius 3 is 2.68 bits per heavy atom. The largest absolute Gasteiger partial charge is 0.479 e. The van der Waals surface area contributed by atoms with Gasteiger partial charge in [-0.2, -0.15) is 4.31 Å². The van der Waals surface area contributed by atoms with Crippen molar-refractivity contribution in [3.05, 3.63) is 17.7 Å². The van der Waals surface area contributed by atoms with Gasteiger partial charge in [0.25, 0.3) is 5.91 Å². The predicted octanol–water partition coefficient (Wildman–Crippen LogP) is 1.41. The van der Waals surface area contributed by atoms with Gasteiger partial charge in [-0.05, 0) is 51.2 Å². The first-order chi connectivity index (χ1) is 14.8. The van der Waals surface area contributed by atoms with Crippen molar-refractivity contribution in [2.75, 3.05) is 31.6 Å². The van der Waals surface area contributed by atoms with Crippen LogP contribution in [0.15, 0.2) is 17.0 Å². The molecule has 4 rings (SSSR count). The number of nitrogens with zero attached hydrogens (tertiary/aromatic N) is 1. The SMILES string of the molecule is Cc1cc2c(cc1S(=O)(=O)N1CCC(C(=O)NC[C@@H]3CCCO3)CC1)O[C@H](C)C(=O)N2. The second-order valence-electron chi connectivity index (χ2n) is 8.42. The Hall–Kier alpha value is -2.17. The highest BCUT2D eigenvalue weighted by molar-refractivity contribution is 7.89. The Morgan fingerprint density at radius 1 is 1.26 bits per heavy atom. The van der Waals surface area contributed by atoms with Crippen molar-refractivity contribution in [1.29, 1.82) is 0 Å². The lowest BCUT2D eigenvalue weighted by atomic mass is 9.97. The summed E-state index contributed by atoms with van der Waals surface area (Å²) in [6.45, 7) is 5.13. The number of amides is 2. The first kappa shape index (κ1) is 22.0. The van der Waals surface area contributed by atoms with E-state index in [4.69, 9.17) is 9.47 Å². The van der Waals surface area contributed by atoms with Gasteiger partial charge in [0, 0.05) is 38.2 Å². The molecule has 0 saturated carbocycles. The van der Waals surface area contributed by atoms with E-state index in [1.807, 2.05) is 0 Å². The number of hydrogen-bond acceptors (Lipinski definition) is 6. The number of anilines is 1. The van der Waals surface area contributed by atoms with Crippen LogP contribution < -0.4 is 15.4 Å². The third kappa shape index (κ3) is 4.56. The van der Waals surface area contributed by atoms with Crippen LogP contribution in [-0.2, 0) is 24.3 Å². The zero-order valence-electron chi connectivity index (χ0n) is 17.8. The van der Waals surface area contributed by atoms with Gasteiger partial charge in [0.05, 0.1) is 16.7 Å². The van der Waals surface area contributed by atoms with Crippen LogP contribution in [0.25, 0.3) is 0 Å². The molecule has 0 aromatic heterocycles. The molecule has 0 radical (unpaired) electrons. The quantitative estimate of drug-likeness (QED) is 0.700. The standard InChI is InChI=1S/C21H29N3O6S/c1-13-10-17-18(30-14(2)20(25)23-17)11-19(13)31(27,28)24-7-5-15(6-8-24)21(26)22-12-16-4-3-9-29-16/h10-11,14-16H,3-9,12H2,1-2H3,(H,22,26)(H,23,25)/t14-,16+/m1/s1. The maximum Gasteiger partial charge on any atom is 0.265 e. The fourth-order valence-electron chi connectivity index (χ4n) is 4.28. The predicted molar refractivity (Wildman–Crippen MR) is 113 cm³/mol. The first-order valence-corrected chi connectivity index (χ1v) is 12.2. The lowest BCUT2D eigenvalue weighted by Gasteiger charge is -2.31. The van der Waals surface area contributed by atoms with Gasteiger partial charge in [0.15, 0.2) is 6.10 Å². The van der Waals surface area contributed by atoms with Gasteiger partial charge in [-0.25, -0.2) is 8.42 Å². The second-order valence-corrected chi connectivity index (χ2v) is 10.3. The van der Waals surface area contributed by atoms with Crippen LogP contribution in [0.1, 0.15) is 38.2 Å². The summed E-state index contributed by atoms with van der Waals surface area (Å²) in [6, 6.07) is 3.10. The Kier molecular flexibility index (Phi) is 6.23. The second kappa shape index (κ2) is 8.76. The third-order valence-corrected chi connectivity index (χ3v) is 8.22.